The number of amidine groups is 1. The lowest BCUT2D eigenvalue weighted by atomic mass is 10.1. The average Bonchev–Trinajstić information content (AvgIpc) is 3.13. The topological polar surface area (TPSA) is 109 Å². The maximum Gasteiger partial charge on any atom is 0.259 e. The number of hydrogen-bond donors (Lipinski definition) is 1. The Morgan fingerprint density at radius 3 is 2.50 bits per heavy atom. The number of likely N-dealkylation sites (N-methyl/N-ethyl adjacent to an activating group) is 1. The van der Waals surface area contributed by atoms with E-state index in [1.165, 1.54) is 43.5 Å². The number of nitrogens with zero attached hydrogens (tertiary/aromatic N) is 6. The van der Waals surface area contributed by atoms with Crippen LogP contribution < -0.4 is 19.7 Å². The SMILES string of the molecule is COc1ccc(CN(CCN(C)CCCCCCNC(C[N+](=O)[O-])=NCCCOc2cccc(CN3CCCCC3)c2)c2ccccn2)cc1. The molecular formula is C39H57N7O4. The molecule has 0 aliphatic carbocycles. The second kappa shape index (κ2) is 22.5. The third-order valence-electron chi connectivity index (χ3n) is 8.96. The maximum atomic E-state index is 11.2. The van der Waals surface area contributed by atoms with Gasteiger partial charge in [-0.3, -0.25) is 20.0 Å². The molecule has 3 aromatic rings. The van der Waals surface area contributed by atoms with Gasteiger partial charge in [-0.05, 0) is 99.9 Å². The Hall–Kier alpha value is -4.22. The number of likely N-dealkylation sites (tertiary alicyclic amines) is 1. The summed E-state index contributed by atoms with van der Waals surface area (Å²) in [7, 11) is 3.86. The molecule has 0 bridgehead atoms. The third kappa shape index (κ3) is 15.1. The number of aromatic nitrogens is 1. The van der Waals surface area contributed by atoms with Crippen molar-refractivity contribution in [1.29, 1.82) is 0 Å². The van der Waals surface area contributed by atoms with Gasteiger partial charge in [0.2, 0.25) is 0 Å². The molecule has 0 radical (unpaired) electrons. The Labute approximate surface area is 298 Å². The van der Waals surface area contributed by atoms with E-state index in [2.05, 4.69) is 67.4 Å². The van der Waals surface area contributed by atoms with Crippen LogP contribution in [0.15, 0.2) is 77.9 Å². The molecule has 0 unspecified atom stereocenters. The second-order valence-corrected chi connectivity index (χ2v) is 13.1. The van der Waals surface area contributed by atoms with Gasteiger partial charge in [-0.2, -0.15) is 0 Å². The van der Waals surface area contributed by atoms with Crippen LogP contribution in [0.3, 0.4) is 0 Å². The van der Waals surface area contributed by atoms with E-state index < -0.39 is 0 Å². The zero-order valence-electron chi connectivity index (χ0n) is 30.2. The monoisotopic (exact) mass is 687 g/mol. The Bertz CT molecular complexity index is 1400. The molecule has 1 N–H and O–H groups in total. The first-order valence-corrected chi connectivity index (χ1v) is 18.3. The molecule has 0 atom stereocenters. The fraction of sp³-hybridized carbons (Fsp3) is 0.538. The molecule has 1 aliphatic rings. The van der Waals surface area contributed by atoms with E-state index in [0.717, 1.165) is 75.7 Å². The highest BCUT2D eigenvalue weighted by Gasteiger charge is 2.12. The first-order valence-electron chi connectivity index (χ1n) is 18.3. The van der Waals surface area contributed by atoms with E-state index >= 15 is 0 Å². The van der Waals surface area contributed by atoms with Crippen LogP contribution in [0.25, 0.3) is 0 Å². The average molecular weight is 688 g/mol. The minimum Gasteiger partial charge on any atom is -0.497 e. The van der Waals surface area contributed by atoms with Gasteiger partial charge in [0.25, 0.3) is 6.54 Å². The fourth-order valence-electron chi connectivity index (χ4n) is 6.12. The normalized spacial score (nSPS) is 13.7. The van der Waals surface area contributed by atoms with Gasteiger partial charge in [0.1, 0.15) is 17.3 Å². The smallest absolute Gasteiger partial charge is 0.259 e. The number of anilines is 1. The van der Waals surface area contributed by atoms with E-state index in [1.54, 1.807) is 7.11 Å². The van der Waals surface area contributed by atoms with Crippen molar-refractivity contribution >= 4 is 11.7 Å². The van der Waals surface area contributed by atoms with E-state index in [0.29, 0.717) is 32.0 Å². The summed E-state index contributed by atoms with van der Waals surface area (Å²) in [6, 6.07) is 22.6. The summed E-state index contributed by atoms with van der Waals surface area (Å²) < 4.78 is 11.3. The van der Waals surface area contributed by atoms with Crippen LogP contribution >= 0.6 is 0 Å². The summed E-state index contributed by atoms with van der Waals surface area (Å²) in [5.41, 5.74) is 2.49. The number of unbranched alkanes of at least 4 members (excludes halogenated alkanes) is 3. The van der Waals surface area contributed by atoms with E-state index in [4.69, 9.17) is 9.47 Å². The van der Waals surface area contributed by atoms with Crippen molar-refractivity contribution in [2.24, 2.45) is 4.99 Å². The van der Waals surface area contributed by atoms with Gasteiger partial charge in [-0.25, -0.2) is 4.98 Å². The first-order chi connectivity index (χ1) is 24.5. The van der Waals surface area contributed by atoms with Crippen LogP contribution in [-0.2, 0) is 13.1 Å². The molecular weight excluding hydrogens is 630 g/mol. The van der Waals surface area contributed by atoms with Crippen molar-refractivity contribution < 1.29 is 14.4 Å². The largest absolute Gasteiger partial charge is 0.497 e. The summed E-state index contributed by atoms with van der Waals surface area (Å²) in [5, 5.41) is 14.4. The molecule has 1 aromatic heterocycles. The second-order valence-electron chi connectivity index (χ2n) is 13.1. The van der Waals surface area contributed by atoms with Gasteiger partial charge < -0.3 is 24.6 Å². The van der Waals surface area contributed by atoms with Gasteiger partial charge in [-0.15, -0.1) is 0 Å². The maximum absolute atomic E-state index is 11.2. The number of aliphatic imine (C=N–C) groups is 1. The molecule has 11 nitrogen and oxygen atoms in total. The van der Waals surface area contributed by atoms with E-state index in [1.807, 2.05) is 42.6 Å². The van der Waals surface area contributed by atoms with Crippen molar-refractivity contribution in [1.82, 2.24) is 20.1 Å². The highest BCUT2D eigenvalue weighted by molar-refractivity contribution is 5.83. The van der Waals surface area contributed by atoms with Crippen LogP contribution in [0.4, 0.5) is 5.82 Å². The van der Waals surface area contributed by atoms with Crippen LogP contribution in [-0.4, -0.2) is 98.7 Å². The number of methoxy groups -OCH3 is 1. The summed E-state index contributed by atoms with van der Waals surface area (Å²) in [6.07, 6.45) is 10.7. The molecule has 1 saturated heterocycles. The number of nitro groups is 1. The summed E-state index contributed by atoms with van der Waals surface area (Å²) in [6.45, 7) is 8.35. The van der Waals surface area contributed by atoms with E-state index in [-0.39, 0.29) is 11.5 Å². The highest BCUT2D eigenvalue weighted by Crippen LogP contribution is 2.19. The Balaban J connectivity index is 1.08. The molecule has 272 valence electrons. The Morgan fingerprint density at radius 1 is 0.920 bits per heavy atom. The Kier molecular flexibility index (Phi) is 17.4. The summed E-state index contributed by atoms with van der Waals surface area (Å²) in [5.74, 6) is 3.15. The molecule has 50 heavy (non-hydrogen) atoms. The van der Waals surface area contributed by atoms with Crippen molar-refractivity contribution in [3.8, 4) is 11.5 Å². The lowest BCUT2D eigenvalue weighted by Gasteiger charge is -2.27. The van der Waals surface area contributed by atoms with Crippen molar-refractivity contribution in [2.75, 3.05) is 78.0 Å². The van der Waals surface area contributed by atoms with Crippen LogP contribution in [0.5, 0.6) is 11.5 Å². The number of ether oxygens (including phenoxy) is 2. The minimum atomic E-state index is -0.321. The predicted octanol–water partition coefficient (Wildman–Crippen LogP) is 6.31. The lowest BCUT2D eigenvalue weighted by molar-refractivity contribution is -0.463. The lowest BCUT2D eigenvalue weighted by Crippen LogP contribution is -2.34. The molecule has 0 saturated carbocycles. The minimum absolute atomic E-state index is 0.280. The summed E-state index contributed by atoms with van der Waals surface area (Å²) >= 11 is 0. The van der Waals surface area contributed by atoms with Gasteiger partial charge >= 0.3 is 0 Å². The van der Waals surface area contributed by atoms with Gasteiger partial charge in [-0.1, -0.05) is 49.6 Å². The zero-order chi connectivity index (χ0) is 35.2. The predicted molar refractivity (Wildman–Crippen MR) is 202 cm³/mol. The fourth-order valence-corrected chi connectivity index (χ4v) is 6.12. The molecule has 11 heteroatoms. The highest BCUT2D eigenvalue weighted by atomic mass is 16.6. The Morgan fingerprint density at radius 2 is 1.74 bits per heavy atom. The number of nitrogens with one attached hydrogen (secondary N) is 1. The quantitative estimate of drug-likeness (QED) is 0.0404. The summed E-state index contributed by atoms with van der Waals surface area (Å²) in [4.78, 5) is 27.2. The number of piperidine rings is 1. The van der Waals surface area contributed by atoms with E-state index in [9.17, 15) is 10.1 Å². The standard InChI is InChI=1S/C39H57N7O4/c1-43(27-28-45(39-16-6-8-22-42-39)32-34-17-19-36(49-2)20-18-34)24-9-4-3-7-21-40-38(33-46(47)48)41-23-13-29-50-37-15-12-14-35(30-37)31-44-25-10-5-11-26-44/h6,8,12,14-20,22,30H,3-5,7,9-11,13,21,23-29,31-33H2,1-2H3,(H,40,41). The number of benzene rings is 2. The van der Waals surface area contributed by atoms with Gasteiger partial charge in [0, 0.05) is 56.8 Å². The zero-order valence-corrected chi connectivity index (χ0v) is 30.2. The van der Waals surface area contributed by atoms with Gasteiger partial charge in [0.15, 0.2) is 5.84 Å². The molecule has 2 heterocycles. The van der Waals surface area contributed by atoms with Crippen LogP contribution in [0.2, 0.25) is 0 Å². The number of hydrogen-bond acceptors (Lipinski definition) is 9. The molecule has 1 aliphatic heterocycles. The van der Waals surface area contributed by atoms with Gasteiger partial charge in [0.05, 0.1) is 13.7 Å². The number of rotatable bonds is 23. The molecule has 2 aromatic carbocycles. The number of pyridine rings is 1. The van der Waals surface area contributed by atoms with Crippen molar-refractivity contribution in [3.63, 3.8) is 0 Å². The molecule has 0 spiro atoms. The van der Waals surface area contributed by atoms with Crippen LogP contribution in [0.1, 0.15) is 62.5 Å². The van der Waals surface area contributed by atoms with Crippen molar-refractivity contribution in [3.05, 3.63) is 94.2 Å². The molecule has 1 fully saturated rings. The first kappa shape index (κ1) is 38.6. The molecule has 4 rings (SSSR count). The van der Waals surface area contributed by atoms with Crippen molar-refractivity contribution in [2.45, 2.75) is 64.5 Å². The van der Waals surface area contributed by atoms with Crippen LogP contribution in [0, 0.1) is 10.1 Å². The third-order valence-corrected chi connectivity index (χ3v) is 8.96. The molecule has 0 amide bonds.